The Balaban J connectivity index is 2.79. The highest BCUT2D eigenvalue weighted by Gasteiger charge is 2.19. The summed E-state index contributed by atoms with van der Waals surface area (Å²) in [6.07, 6.45) is 0. The number of methoxy groups -OCH3 is 2. The smallest absolute Gasteiger partial charge is 0.296 e. The van der Waals surface area contributed by atoms with Gasteiger partial charge in [0, 0.05) is 12.6 Å². The number of hydrogen-bond donors (Lipinski definition) is 1. The van der Waals surface area contributed by atoms with Crippen LogP contribution in [-0.2, 0) is 4.74 Å². The first kappa shape index (κ1) is 16.8. The Labute approximate surface area is 123 Å². The zero-order chi connectivity index (χ0) is 15.8. The lowest BCUT2D eigenvalue weighted by molar-refractivity contribution is -0.384. The summed E-state index contributed by atoms with van der Waals surface area (Å²) in [7, 11) is 2.91. The van der Waals surface area contributed by atoms with Crippen LogP contribution < -0.4 is 14.8 Å². The number of nitro benzene ring substituents is 1. The van der Waals surface area contributed by atoms with E-state index in [4.69, 9.17) is 14.2 Å². The van der Waals surface area contributed by atoms with Crippen LogP contribution in [0.4, 0.5) is 11.4 Å². The summed E-state index contributed by atoms with van der Waals surface area (Å²) < 4.78 is 15.5. The molecule has 0 saturated heterocycles. The summed E-state index contributed by atoms with van der Waals surface area (Å²) in [6.45, 7) is 6.91. The topological polar surface area (TPSA) is 82.9 Å². The molecule has 1 rings (SSSR count). The van der Waals surface area contributed by atoms with Crippen molar-refractivity contribution in [1.82, 2.24) is 0 Å². The molecule has 116 valence electrons. The van der Waals surface area contributed by atoms with E-state index in [0.717, 1.165) is 5.57 Å². The Morgan fingerprint density at radius 2 is 1.95 bits per heavy atom. The van der Waals surface area contributed by atoms with Gasteiger partial charge in [-0.2, -0.15) is 0 Å². The lowest BCUT2D eigenvalue weighted by atomic mass is 10.2. The molecule has 0 aliphatic heterocycles. The molecule has 0 aliphatic carbocycles. The fourth-order valence-corrected chi connectivity index (χ4v) is 1.67. The fourth-order valence-electron chi connectivity index (χ4n) is 1.67. The summed E-state index contributed by atoms with van der Waals surface area (Å²) in [5.74, 6) is 0.738. The minimum Gasteiger partial charge on any atom is -0.493 e. The maximum atomic E-state index is 11.1. The van der Waals surface area contributed by atoms with Crippen LogP contribution in [0.5, 0.6) is 11.5 Å². The van der Waals surface area contributed by atoms with E-state index in [2.05, 4.69) is 11.9 Å². The number of nitro groups is 1. The van der Waals surface area contributed by atoms with Crippen LogP contribution >= 0.6 is 0 Å². The molecule has 0 fully saturated rings. The molecule has 0 radical (unpaired) electrons. The van der Waals surface area contributed by atoms with Gasteiger partial charge in [0.25, 0.3) is 5.69 Å². The number of hydrogen-bond acceptors (Lipinski definition) is 6. The number of ether oxygens (including phenoxy) is 3. The Morgan fingerprint density at radius 3 is 2.48 bits per heavy atom. The number of nitrogens with zero attached hydrogens (tertiary/aromatic N) is 1. The largest absolute Gasteiger partial charge is 0.493 e. The van der Waals surface area contributed by atoms with Crippen LogP contribution in [0, 0.1) is 10.1 Å². The maximum Gasteiger partial charge on any atom is 0.296 e. The molecule has 0 aliphatic rings. The van der Waals surface area contributed by atoms with Gasteiger partial charge < -0.3 is 19.5 Å². The molecular weight excluding hydrogens is 276 g/mol. The van der Waals surface area contributed by atoms with Gasteiger partial charge in [0.15, 0.2) is 11.5 Å². The Morgan fingerprint density at radius 1 is 1.33 bits per heavy atom. The van der Waals surface area contributed by atoms with Crippen molar-refractivity contribution in [2.75, 3.05) is 39.3 Å². The molecule has 0 aromatic heterocycles. The van der Waals surface area contributed by atoms with E-state index in [0.29, 0.717) is 36.9 Å². The molecular formula is C14H20N2O5. The van der Waals surface area contributed by atoms with Crippen LogP contribution in [0.25, 0.3) is 0 Å². The molecule has 0 bridgehead atoms. The molecule has 0 heterocycles. The monoisotopic (exact) mass is 296 g/mol. The Bertz CT molecular complexity index is 516. The van der Waals surface area contributed by atoms with E-state index in [1.807, 2.05) is 6.92 Å². The zero-order valence-electron chi connectivity index (χ0n) is 12.5. The molecule has 0 saturated carbocycles. The summed E-state index contributed by atoms with van der Waals surface area (Å²) in [5.41, 5.74) is 1.20. The first-order valence-electron chi connectivity index (χ1n) is 6.36. The molecule has 7 heteroatoms. The minimum absolute atomic E-state index is 0.0763. The molecule has 0 spiro atoms. The van der Waals surface area contributed by atoms with Gasteiger partial charge in [0.1, 0.15) is 5.69 Å². The highest BCUT2D eigenvalue weighted by molar-refractivity contribution is 5.68. The summed E-state index contributed by atoms with van der Waals surface area (Å²) in [4.78, 5) is 10.6. The van der Waals surface area contributed by atoms with Gasteiger partial charge in [-0.3, -0.25) is 10.1 Å². The number of rotatable bonds is 9. The summed E-state index contributed by atoms with van der Waals surface area (Å²) >= 11 is 0. The van der Waals surface area contributed by atoms with Crippen LogP contribution in [0.15, 0.2) is 24.3 Å². The van der Waals surface area contributed by atoms with E-state index >= 15 is 0 Å². The molecule has 21 heavy (non-hydrogen) atoms. The van der Waals surface area contributed by atoms with Crippen molar-refractivity contribution < 1.29 is 19.1 Å². The van der Waals surface area contributed by atoms with Crippen molar-refractivity contribution >= 4 is 11.4 Å². The van der Waals surface area contributed by atoms with Crippen molar-refractivity contribution in [3.05, 3.63) is 34.4 Å². The minimum atomic E-state index is -0.473. The first-order valence-corrected chi connectivity index (χ1v) is 6.36. The molecule has 0 unspecified atom stereocenters. The first-order chi connectivity index (χ1) is 9.99. The van der Waals surface area contributed by atoms with Crippen molar-refractivity contribution in [1.29, 1.82) is 0 Å². The predicted octanol–water partition coefficient (Wildman–Crippen LogP) is 2.62. The standard InChI is InChI=1S/C14H20N2O5/c1-10(2)9-21-6-5-15-11-7-13(19-3)14(20-4)8-12(11)16(17)18/h7-8,15H,1,5-6,9H2,2-4H3. The lowest BCUT2D eigenvalue weighted by Gasteiger charge is -2.12. The second-order valence-corrected chi connectivity index (χ2v) is 4.42. The van der Waals surface area contributed by atoms with E-state index < -0.39 is 4.92 Å². The van der Waals surface area contributed by atoms with Gasteiger partial charge in [-0.15, -0.1) is 0 Å². The van der Waals surface area contributed by atoms with Crippen LogP contribution in [0.1, 0.15) is 6.92 Å². The third-order valence-electron chi connectivity index (χ3n) is 2.61. The summed E-state index contributed by atoms with van der Waals surface area (Å²) in [5, 5.41) is 14.1. The number of nitrogens with one attached hydrogen (secondary N) is 1. The van der Waals surface area contributed by atoms with Gasteiger partial charge >= 0.3 is 0 Å². The molecule has 1 aromatic carbocycles. The Kier molecular flexibility index (Phi) is 6.48. The van der Waals surface area contributed by atoms with Crippen molar-refractivity contribution in [2.45, 2.75) is 6.92 Å². The second kappa shape index (κ2) is 8.11. The van der Waals surface area contributed by atoms with E-state index in [-0.39, 0.29) is 5.69 Å². The summed E-state index contributed by atoms with van der Waals surface area (Å²) in [6, 6.07) is 2.87. The normalized spacial score (nSPS) is 10.0. The zero-order valence-corrected chi connectivity index (χ0v) is 12.5. The second-order valence-electron chi connectivity index (χ2n) is 4.42. The molecule has 1 N–H and O–H groups in total. The SMILES string of the molecule is C=C(C)COCCNc1cc(OC)c(OC)cc1[N+](=O)[O-]. The van der Waals surface area contributed by atoms with Crippen molar-refractivity contribution in [3.63, 3.8) is 0 Å². The van der Waals surface area contributed by atoms with E-state index in [1.54, 1.807) is 0 Å². The van der Waals surface area contributed by atoms with E-state index in [1.165, 1.54) is 26.4 Å². The Hall–Kier alpha value is -2.28. The molecule has 0 amide bonds. The number of benzene rings is 1. The van der Waals surface area contributed by atoms with Crippen LogP contribution in [-0.4, -0.2) is 38.9 Å². The van der Waals surface area contributed by atoms with E-state index in [9.17, 15) is 10.1 Å². The van der Waals surface area contributed by atoms with Gasteiger partial charge in [-0.1, -0.05) is 12.2 Å². The molecule has 0 atom stereocenters. The van der Waals surface area contributed by atoms with Crippen LogP contribution in [0.2, 0.25) is 0 Å². The average Bonchev–Trinajstić information content (AvgIpc) is 2.45. The van der Waals surface area contributed by atoms with Crippen LogP contribution in [0.3, 0.4) is 0 Å². The number of anilines is 1. The van der Waals surface area contributed by atoms with Crippen molar-refractivity contribution in [3.8, 4) is 11.5 Å². The van der Waals surface area contributed by atoms with Crippen molar-refractivity contribution in [2.24, 2.45) is 0 Å². The fraction of sp³-hybridized carbons (Fsp3) is 0.429. The molecule has 7 nitrogen and oxygen atoms in total. The highest BCUT2D eigenvalue weighted by Crippen LogP contribution is 2.37. The third-order valence-corrected chi connectivity index (χ3v) is 2.61. The average molecular weight is 296 g/mol. The third kappa shape index (κ3) is 4.96. The van der Waals surface area contributed by atoms with Gasteiger partial charge in [-0.05, 0) is 6.92 Å². The quantitative estimate of drug-likeness (QED) is 0.326. The lowest BCUT2D eigenvalue weighted by Crippen LogP contribution is -2.11. The van der Waals surface area contributed by atoms with Gasteiger partial charge in [0.2, 0.25) is 0 Å². The van der Waals surface area contributed by atoms with Gasteiger partial charge in [0.05, 0.1) is 38.4 Å². The highest BCUT2D eigenvalue weighted by atomic mass is 16.6. The maximum absolute atomic E-state index is 11.1. The van der Waals surface area contributed by atoms with Gasteiger partial charge in [-0.25, -0.2) is 0 Å². The predicted molar refractivity (Wildman–Crippen MR) is 80.3 cm³/mol. The molecule has 1 aromatic rings.